The zero-order chi connectivity index (χ0) is 27.5. The number of nitrogens with zero attached hydrogens (tertiary/aromatic N) is 2. The normalized spacial score (nSPS) is 15.4. The van der Waals surface area contributed by atoms with Crippen LogP contribution in [0.1, 0.15) is 38.7 Å². The van der Waals surface area contributed by atoms with Crippen LogP contribution in [0, 0.1) is 0 Å². The summed E-state index contributed by atoms with van der Waals surface area (Å²) in [6.07, 6.45) is 4.09. The molecule has 2 amide bonds. The van der Waals surface area contributed by atoms with E-state index in [1.54, 1.807) is 32.7 Å². The van der Waals surface area contributed by atoms with Gasteiger partial charge in [0.1, 0.15) is 6.04 Å². The zero-order valence-corrected chi connectivity index (χ0v) is 26.3. The molecule has 0 aliphatic carbocycles. The standard InChI is InChI=1S/C29H42N4O4S.2ClH/c1-21(2)37-29(36)26(14-16-38-4)31-27(34)20-32(19-24-12-8-15-33(24)28(35)17-30-3)18-23-11-7-10-22-9-5-6-13-25(22)23;;/h5-7,9-11,13,21,24,26,30H,8,12,14-20H2,1-4H3,(H,31,34);2*1H/t24-,26-;;/m0../s1. The number of amides is 2. The van der Waals surface area contributed by atoms with Crippen molar-refractivity contribution in [3.8, 4) is 0 Å². The van der Waals surface area contributed by atoms with Gasteiger partial charge < -0.3 is 20.3 Å². The molecule has 1 aliphatic rings. The number of carbonyl (C=O) groups excluding carboxylic acids is 3. The van der Waals surface area contributed by atoms with E-state index in [4.69, 9.17) is 4.74 Å². The molecule has 0 saturated carbocycles. The van der Waals surface area contributed by atoms with Crippen molar-refractivity contribution in [2.75, 3.05) is 45.2 Å². The van der Waals surface area contributed by atoms with E-state index < -0.39 is 12.0 Å². The number of likely N-dealkylation sites (tertiary alicyclic amines) is 1. The van der Waals surface area contributed by atoms with E-state index in [1.807, 2.05) is 29.4 Å². The summed E-state index contributed by atoms with van der Waals surface area (Å²) in [5.74, 6) is 0.201. The number of rotatable bonds is 14. The van der Waals surface area contributed by atoms with Crippen molar-refractivity contribution in [1.82, 2.24) is 20.4 Å². The highest BCUT2D eigenvalue weighted by Crippen LogP contribution is 2.23. The van der Waals surface area contributed by atoms with E-state index in [9.17, 15) is 14.4 Å². The van der Waals surface area contributed by atoms with Gasteiger partial charge in [0.15, 0.2) is 0 Å². The van der Waals surface area contributed by atoms with Crippen LogP contribution in [0.15, 0.2) is 42.5 Å². The van der Waals surface area contributed by atoms with Crippen LogP contribution in [0.3, 0.4) is 0 Å². The first kappa shape index (κ1) is 36.0. The van der Waals surface area contributed by atoms with Crippen LogP contribution in [-0.4, -0.2) is 91.0 Å². The van der Waals surface area contributed by atoms with Crippen molar-refractivity contribution in [2.45, 2.75) is 57.8 Å². The van der Waals surface area contributed by atoms with Gasteiger partial charge in [-0.25, -0.2) is 4.79 Å². The average molecular weight is 616 g/mol. The van der Waals surface area contributed by atoms with Gasteiger partial charge in [0.2, 0.25) is 11.8 Å². The Labute approximate surface area is 255 Å². The number of halogens is 2. The monoisotopic (exact) mass is 614 g/mol. The maximum Gasteiger partial charge on any atom is 0.328 e. The Morgan fingerprint density at radius 1 is 1.12 bits per heavy atom. The molecule has 40 heavy (non-hydrogen) atoms. The number of carbonyl (C=O) groups is 3. The van der Waals surface area contributed by atoms with Crippen LogP contribution < -0.4 is 10.6 Å². The predicted octanol–water partition coefficient (Wildman–Crippen LogP) is 3.89. The molecule has 0 aromatic heterocycles. The number of benzene rings is 2. The van der Waals surface area contributed by atoms with Gasteiger partial charge in [0.25, 0.3) is 0 Å². The van der Waals surface area contributed by atoms with Crippen molar-refractivity contribution in [3.63, 3.8) is 0 Å². The van der Waals surface area contributed by atoms with E-state index in [2.05, 4.69) is 39.8 Å². The van der Waals surface area contributed by atoms with Crippen molar-refractivity contribution in [2.24, 2.45) is 0 Å². The predicted molar refractivity (Wildman–Crippen MR) is 169 cm³/mol. The molecule has 0 spiro atoms. The highest BCUT2D eigenvalue weighted by molar-refractivity contribution is 7.98. The lowest BCUT2D eigenvalue weighted by molar-refractivity contribution is -0.151. The summed E-state index contributed by atoms with van der Waals surface area (Å²) in [5, 5.41) is 8.18. The Morgan fingerprint density at radius 3 is 2.55 bits per heavy atom. The molecule has 8 nitrogen and oxygen atoms in total. The molecule has 2 aromatic carbocycles. The topological polar surface area (TPSA) is 91.0 Å². The summed E-state index contributed by atoms with van der Waals surface area (Å²) in [4.78, 5) is 42.7. The van der Waals surface area contributed by atoms with Crippen LogP contribution in [0.25, 0.3) is 10.8 Å². The lowest BCUT2D eigenvalue weighted by atomic mass is 10.0. The summed E-state index contributed by atoms with van der Waals surface area (Å²) < 4.78 is 5.40. The largest absolute Gasteiger partial charge is 0.461 e. The molecule has 224 valence electrons. The van der Waals surface area contributed by atoms with Crippen LogP contribution in [0.2, 0.25) is 0 Å². The number of esters is 1. The van der Waals surface area contributed by atoms with Gasteiger partial charge in [0.05, 0.1) is 19.2 Å². The lowest BCUT2D eigenvalue weighted by Crippen LogP contribution is -2.50. The first-order valence-corrected chi connectivity index (χ1v) is 14.8. The number of hydrogen-bond donors (Lipinski definition) is 2. The fourth-order valence-corrected chi connectivity index (χ4v) is 5.47. The number of likely N-dealkylation sites (N-methyl/N-ethyl adjacent to an activating group) is 1. The molecule has 1 fully saturated rings. The van der Waals surface area contributed by atoms with E-state index in [-0.39, 0.29) is 55.3 Å². The molecule has 3 rings (SSSR count). The first-order valence-electron chi connectivity index (χ1n) is 13.4. The third kappa shape index (κ3) is 10.7. The second-order valence-electron chi connectivity index (χ2n) is 10.1. The highest BCUT2D eigenvalue weighted by atomic mass is 35.5. The fourth-order valence-electron chi connectivity index (χ4n) is 5.00. The number of nitrogens with one attached hydrogen (secondary N) is 2. The van der Waals surface area contributed by atoms with Gasteiger partial charge in [-0.3, -0.25) is 14.5 Å². The maximum atomic E-state index is 13.3. The average Bonchev–Trinajstić information content (AvgIpc) is 3.34. The van der Waals surface area contributed by atoms with Gasteiger partial charge >= 0.3 is 5.97 Å². The summed E-state index contributed by atoms with van der Waals surface area (Å²) in [6.45, 7) is 5.91. The molecule has 0 radical (unpaired) electrons. The van der Waals surface area contributed by atoms with Crippen molar-refractivity contribution in [3.05, 3.63) is 48.0 Å². The number of ether oxygens (including phenoxy) is 1. The van der Waals surface area contributed by atoms with Gasteiger partial charge in [-0.1, -0.05) is 42.5 Å². The molecule has 0 unspecified atom stereocenters. The third-order valence-corrected chi connectivity index (χ3v) is 7.36. The molecular formula is C29H44Cl2N4O4S. The third-order valence-electron chi connectivity index (χ3n) is 6.72. The minimum atomic E-state index is -0.683. The van der Waals surface area contributed by atoms with Crippen LogP contribution in [0.4, 0.5) is 0 Å². The fraction of sp³-hybridized carbons (Fsp3) is 0.552. The minimum absolute atomic E-state index is 0. The van der Waals surface area contributed by atoms with Crippen LogP contribution in [0.5, 0.6) is 0 Å². The molecule has 2 N–H and O–H groups in total. The molecule has 11 heteroatoms. The summed E-state index contributed by atoms with van der Waals surface area (Å²) in [7, 11) is 1.78. The van der Waals surface area contributed by atoms with Gasteiger partial charge in [-0.2, -0.15) is 11.8 Å². The number of thioether (sulfide) groups is 1. The Hall–Kier alpha value is -2.04. The van der Waals surface area contributed by atoms with E-state index in [0.29, 0.717) is 26.1 Å². The lowest BCUT2D eigenvalue weighted by Gasteiger charge is -2.31. The molecule has 1 aliphatic heterocycles. The molecule has 0 bridgehead atoms. The Balaban J connectivity index is 0.00000400. The smallest absolute Gasteiger partial charge is 0.328 e. The summed E-state index contributed by atoms with van der Waals surface area (Å²) in [5.41, 5.74) is 1.13. The van der Waals surface area contributed by atoms with Crippen LogP contribution >= 0.6 is 36.6 Å². The maximum absolute atomic E-state index is 13.3. The molecular weight excluding hydrogens is 571 g/mol. The minimum Gasteiger partial charge on any atom is -0.461 e. The van der Waals surface area contributed by atoms with E-state index in [1.165, 1.54) is 0 Å². The van der Waals surface area contributed by atoms with Crippen molar-refractivity contribution < 1.29 is 19.1 Å². The molecule has 2 atom stereocenters. The molecule has 2 aromatic rings. The van der Waals surface area contributed by atoms with Crippen molar-refractivity contribution in [1.29, 1.82) is 0 Å². The Bertz CT molecular complexity index is 1090. The quantitative estimate of drug-likeness (QED) is 0.312. The van der Waals surface area contributed by atoms with E-state index in [0.717, 1.165) is 41.5 Å². The summed E-state index contributed by atoms with van der Waals surface area (Å²) >= 11 is 1.63. The van der Waals surface area contributed by atoms with Gasteiger partial charge in [-0.15, -0.1) is 24.8 Å². The second-order valence-corrected chi connectivity index (χ2v) is 11.1. The number of hydrogen-bond acceptors (Lipinski definition) is 7. The molecule has 1 heterocycles. The highest BCUT2D eigenvalue weighted by Gasteiger charge is 2.31. The Kier molecular flexibility index (Phi) is 16.6. The Morgan fingerprint density at radius 2 is 1.85 bits per heavy atom. The summed E-state index contributed by atoms with van der Waals surface area (Å²) in [6, 6.07) is 13.8. The van der Waals surface area contributed by atoms with Gasteiger partial charge in [0, 0.05) is 25.7 Å². The zero-order valence-electron chi connectivity index (χ0n) is 23.9. The van der Waals surface area contributed by atoms with E-state index >= 15 is 0 Å². The SMILES string of the molecule is CNCC(=O)N1CCC[C@H]1CN(CC(=O)N[C@@H](CCSC)C(=O)OC(C)C)Cc1cccc2ccccc12.Cl.Cl. The van der Waals surface area contributed by atoms with Crippen molar-refractivity contribution >= 4 is 65.1 Å². The first-order chi connectivity index (χ1) is 18.3. The molecule has 1 saturated heterocycles. The number of fused-ring (bicyclic) bond motifs is 1. The van der Waals surface area contributed by atoms with Gasteiger partial charge in [-0.05, 0) is 68.5 Å². The second kappa shape index (κ2) is 18.4. The van der Waals surface area contributed by atoms with Crippen LogP contribution in [-0.2, 0) is 25.7 Å².